The molecule has 19 heavy (non-hydrogen) atoms. The standard InChI is InChI=1S/C15H23NO3/c1-11(2)16-8-15(9-19-10-15)12-5-13(17-3)7-14(6-12)18-4/h5-7,11,16H,8-10H2,1-4H3. The van der Waals surface area contributed by atoms with Gasteiger partial charge in [0.05, 0.1) is 32.8 Å². The SMILES string of the molecule is COc1cc(OC)cc(C2(CNC(C)C)COC2)c1. The van der Waals surface area contributed by atoms with Gasteiger partial charge in [-0.05, 0) is 17.7 Å². The summed E-state index contributed by atoms with van der Waals surface area (Å²) >= 11 is 0. The van der Waals surface area contributed by atoms with E-state index in [9.17, 15) is 0 Å². The van der Waals surface area contributed by atoms with E-state index in [1.807, 2.05) is 6.07 Å². The molecule has 1 N–H and O–H groups in total. The topological polar surface area (TPSA) is 39.7 Å². The molecule has 4 heteroatoms. The third-order valence-electron chi connectivity index (χ3n) is 3.57. The Morgan fingerprint density at radius 3 is 2.11 bits per heavy atom. The summed E-state index contributed by atoms with van der Waals surface area (Å²) in [5.41, 5.74) is 1.25. The van der Waals surface area contributed by atoms with Crippen LogP contribution in [0.1, 0.15) is 19.4 Å². The van der Waals surface area contributed by atoms with Crippen LogP contribution >= 0.6 is 0 Å². The molecular weight excluding hydrogens is 242 g/mol. The lowest BCUT2D eigenvalue weighted by Gasteiger charge is -2.42. The lowest BCUT2D eigenvalue weighted by Crippen LogP contribution is -2.54. The van der Waals surface area contributed by atoms with Gasteiger partial charge < -0.3 is 19.5 Å². The Kier molecular flexibility index (Phi) is 4.32. The van der Waals surface area contributed by atoms with Crippen LogP contribution in [0.15, 0.2) is 18.2 Å². The molecule has 1 saturated heterocycles. The van der Waals surface area contributed by atoms with E-state index >= 15 is 0 Å². The van der Waals surface area contributed by atoms with Crippen molar-refractivity contribution in [1.82, 2.24) is 5.32 Å². The number of rotatable bonds is 6. The van der Waals surface area contributed by atoms with Gasteiger partial charge in [0.25, 0.3) is 0 Å². The Balaban J connectivity index is 2.26. The van der Waals surface area contributed by atoms with Gasteiger partial charge >= 0.3 is 0 Å². The fraction of sp³-hybridized carbons (Fsp3) is 0.600. The van der Waals surface area contributed by atoms with E-state index in [1.54, 1.807) is 14.2 Å². The molecular formula is C15H23NO3. The fourth-order valence-electron chi connectivity index (χ4n) is 2.23. The normalized spacial score (nSPS) is 17.1. The molecule has 4 nitrogen and oxygen atoms in total. The van der Waals surface area contributed by atoms with Crippen molar-refractivity contribution in [1.29, 1.82) is 0 Å². The van der Waals surface area contributed by atoms with Gasteiger partial charge in [0.15, 0.2) is 0 Å². The second-order valence-corrected chi connectivity index (χ2v) is 5.41. The molecule has 0 atom stereocenters. The molecule has 1 fully saturated rings. The Morgan fingerprint density at radius 2 is 1.74 bits per heavy atom. The lowest BCUT2D eigenvalue weighted by molar-refractivity contribution is -0.0598. The minimum absolute atomic E-state index is 0.0338. The highest BCUT2D eigenvalue weighted by molar-refractivity contribution is 5.43. The van der Waals surface area contributed by atoms with Gasteiger partial charge in [-0.3, -0.25) is 0 Å². The van der Waals surface area contributed by atoms with Crippen molar-refractivity contribution in [3.8, 4) is 11.5 Å². The summed E-state index contributed by atoms with van der Waals surface area (Å²) in [6.07, 6.45) is 0. The first-order chi connectivity index (χ1) is 9.09. The summed E-state index contributed by atoms with van der Waals surface area (Å²) in [5, 5.41) is 3.50. The lowest BCUT2D eigenvalue weighted by atomic mass is 9.78. The highest BCUT2D eigenvalue weighted by Crippen LogP contribution is 2.36. The molecule has 0 aliphatic carbocycles. The third kappa shape index (κ3) is 3.01. The van der Waals surface area contributed by atoms with Crippen LogP contribution in [-0.2, 0) is 10.2 Å². The average molecular weight is 265 g/mol. The van der Waals surface area contributed by atoms with Gasteiger partial charge in [-0.15, -0.1) is 0 Å². The molecule has 0 radical (unpaired) electrons. The summed E-state index contributed by atoms with van der Waals surface area (Å²) < 4.78 is 16.1. The third-order valence-corrected chi connectivity index (χ3v) is 3.57. The van der Waals surface area contributed by atoms with Gasteiger partial charge in [-0.1, -0.05) is 13.8 Å². The predicted octanol–water partition coefficient (Wildman–Crippen LogP) is 1.97. The largest absolute Gasteiger partial charge is 0.497 e. The van der Waals surface area contributed by atoms with Crippen molar-refractivity contribution in [2.45, 2.75) is 25.3 Å². The molecule has 0 unspecified atom stereocenters. The second kappa shape index (κ2) is 5.80. The maximum atomic E-state index is 5.45. The first kappa shape index (κ1) is 14.2. The smallest absolute Gasteiger partial charge is 0.122 e. The minimum atomic E-state index is 0.0338. The number of hydrogen-bond acceptors (Lipinski definition) is 4. The molecule has 1 aromatic carbocycles. The van der Waals surface area contributed by atoms with E-state index in [4.69, 9.17) is 14.2 Å². The van der Waals surface area contributed by atoms with Gasteiger partial charge in [-0.2, -0.15) is 0 Å². The summed E-state index contributed by atoms with van der Waals surface area (Å²) in [7, 11) is 3.35. The van der Waals surface area contributed by atoms with Crippen molar-refractivity contribution in [2.24, 2.45) is 0 Å². The maximum Gasteiger partial charge on any atom is 0.122 e. The van der Waals surface area contributed by atoms with Gasteiger partial charge in [-0.25, -0.2) is 0 Å². The molecule has 1 heterocycles. The Morgan fingerprint density at radius 1 is 1.16 bits per heavy atom. The molecule has 106 valence electrons. The van der Waals surface area contributed by atoms with Crippen molar-refractivity contribution in [3.63, 3.8) is 0 Å². The number of ether oxygens (including phenoxy) is 3. The van der Waals surface area contributed by atoms with Crippen LogP contribution in [0.25, 0.3) is 0 Å². The zero-order valence-electron chi connectivity index (χ0n) is 12.2. The summed E-state index contributed by atoms with van der Waals surface area (Å²) in [4.78, 5) is 0. The molecule has 0 aromatic heterocycles. The zero-order chi connectivity index (χ0) is 13.9. The first-order valence-corrected chi connectivity index (χ1v) is 6.64. The molecule has 0 saturated carbocycles. The number of methoxy groups -OCH3 is 2. The van der Waals surface area contributed by atoms with Crippen molar-refractivity contribution in [3.05, 3.63) is 23.8 Å². The highest BCUT2D eigenvalue weighted by atomic mass is 16.5. The number of benzene rings is 1. The monoisotopic (exact) mass is 265 g/mol. The first-order valence-electron chi connectivity index (χ1n) is 6.64. The van der Waals surface area contributed by atoms with Crippen LogP contribution in [0.4, 0.5) is 0 Å². The van der Waals surface area contributed by atoms with Crippen LogP contribution in [0, 0.1) is 0 Å². The van der Waals surface area contributed by atoms with Crippen molar-refractivity contribution < 1.29 is 14.2 Å². The molecule has 1 aromatic rings. The van der Waals surface area contributed by atoms with Crippen LogP contribution in [0.3, 0.4) is 0 Å². The molecule has 0 spiro atoms. The minimum Gasteiger partial charge on any atom is -0.497 e. The van der Waals surface area contributed by atoms with E-state index in [1.165, 1.54) is 5.56 Å². The van der Waals surface area contributed by atoms with E-state index in [0.29, 0.717) is 6.04 Å². The molecule has 0 bridgehead atoms. The summed E-state index contributed by atoms with van der Waals surface area (Å²) in [5.74, 6) is 1.65. The predicted molar refractivity (Wildman–Crippen MR) is 75.2 cm³/mol. The van der Waals surface area contributed by atoms with Gasteiger partial charge in [0.1, 0.15) is 11.5 Å². The van der Waals surface area contributed by atoms with Gasteiger partial charge in [0.2, 0.25) is 0 Å². The van der Waals surface area contributed by atoms with Crippen LogP contribution < -0.4 is 14.8 Å². The Labute approximate surface area is 115 Å². The van der Waals surface area contributed by atoms with Crippen LogP contribution in [0.2, 0.25) is 0 Å². The van der Waals surface area contributed by atoms with E-state index < -0.39 is 0 Å². The summed E-state index contributed by atoms with van der Waals surface area (Å²) in [6, 6.07) is 6.51. The molecule has 1 aliphatic heterocycles. The number of nitrogens with one attached hydrogen (secondary N) is 1. The second-order valence-electron chi connectivity index (χ2n) is 5.41. The van der Waals surface area contributed by atoms with Gasteiger partial charge in [0, 0.05) is 18.7 Å². The zero-order valence-corrected chi connectivity index (χ0v) is 12.2. The molecule has 0 amide bonds. The quantitative estimate of drug-likeness (QED) is 0.853. The van der Waals surface area contributed by atoms with E-state index in [2.05, 4.69) is 31.3 Å². The molecule has 1 aliphatic rings. The van der Waals surface area contributed by atoms with E-state index in [-0.39, 0.29) is 5.41 Å². The Hall–Kier alpha value is -1.26. The average Bonchev–Trinajstić information content (AvgIpc) is 2.36. The van der Waals surface area contributed by atoms with Crippen molar-refractivity contribution in [2.75, 3.05) is 34.0 Å². The number of hydrogen-bond donors (Lipinski definition) is 1. The Bertz CT molecular complexity index is 405. The van der Waals surface area contributed by atoms with Crippen LogP contribution in [-0.4, -0.2) is 40.0 Å². The summed E-state index contributed by atoms with van der Waals surface area (Å²) in [6.45, 7) is 6.69. The highest BCUT2D eigenvalue weighted by Gasteiger charge is 2.40. The van der Waals surface area contributed by atoms with Crippen LogP contribution in [0.5, 0.6) is 11.5 Å². The molecule has 2 rings (SSSR count). The van der Waals surface area contributed by atoms with E-state index in [0.717, 1.165) is 31.3 Å². The maximum absolute atomic E-state index is 5.45. The van der Waals surface area contributed by atoms with Crippen molar-refractivity contribution >= 4 is 0 Å². The fourth-order valence-corrected chi connectivity index (χ4v) is 2.23.